The molecule has 8 heteroatoms. The van der Waals surface area contributed by atoms with E-state index in [-0.39, 0.29) is 11.9 Å². The van der Waals surface area contributed by atoms with Gasteiger partial charge >= 0.3 is 6.01 Å². The average molecular weight is 436 g/mol. The predicted molar refractivity (Wildman–Crippen MR) is 126 cm³/mol. The minimum Gasteiger partial charge on any atom is -0.403 e. The number of nitrogens with one attached hydrogen (secondary N) is 2. The smallest absolute Gasteiger partial charge is 0.317 e. The van der Waals surface area contributed by atoms with Gasteiger partial charge in [0.15, 0.2) is 12.5 Å². The number of carbonyl (C=O) groups excluding carboxylic acids is 1. The number of nitriles is 1. The molecular formula is C25H20N6O2. The van der Waals surface area contributed by atoms with Crippen LogP contribution in [0, 0.1) is 11.3 Å². The summed E-state index contributed by atoms with van der Waals surface area (Å²) in [4.78, 5) is 16.6. The summed E-state index contributed by atoms with van der Waals surface area (Å²) < 4.78 is 5.66. The number of hydrogen-bond donors (Lipinski definition) is 2. The van der Waals surface area contributed by atoms with Crippen LogP contribution in [0.25, 0.3) is 11.5 Å². The molecule has 1 unspecified atom stereocenters. The molecule has 3 aromatic carbocycles. The number of rotatable bonds is 8. The fraction of sp³-hybridized carbons (Fsp3) is 0.0800. The normalized spacial score (nSPS) is 11.9. The molecule has 0 fully saturated rings. The lowest BCUT2D eigenvalue weighted by atomic mass is 10.0. The zero-order valence-corrected chi connectivity index (χ0v) is 17.8. The average Bonchev–Trinajstić information content (AvgIpc) is 3.35. The van der Waals surface area contributed by atoms with E-state index in [0.29, 0.717) is 23.1 Å². The van der Waals surface area contributed by atoms with Gasteiger partial charge in [-0.15, -0.1) is 5.10 Å². The van der Waals surface area contributed by atoms with Gasteiger partial charge in [0.25, 0.3) is 0 Å². The van der Waals surface area contributed by atoms with E-state index < -0.39 is 6.17 Å². The van der Waals surface area contributed by atoms with Gasteiger partial charge in [-0.05, 0) is 30.3 Å². The monoisotopic (exact) mass is 436 g/mol. The molecule has 4 aromatic rings. The number of hydrogen-bond acceptors (Lipinski definition) is 8. The van der Waals surface area contributed by atoms with Crippen LogP contribution in [0.2, 0.25) is 0 Å². The molecule has 1 atom stereocenters. The molecule has 0 radical (unpaired) electrons. The molecule has 0 spiro atoms. The number of benzene rings is 3. The molecule has 0 saturated heterocycles. The Hall–Kier alpha value is -4.77. The van der Waals surface area contributed by atoms with Crippen LogP contribution in [0.4, 0.5) is 11.7 Å². The summed E-state index contributed by atoms with van der Waals surface area (Å²) in [5, 5.41) is 23.0. The third-order valence-electron chi connectivity index (χ3n) is 4.85. The number of aromatic nitrogens is 2. The van der Waals surface area contributed by atoms with Gasteiger partial charge in [-0.25, -0.2) is 0 Å². The number of aldehydes is 1. The second-order valence-corrected chi connectivity index (χ2v) is 6.97. The molecule has 0 aliphatic carbocycles. The molecule has 4 rings (SSSR count). The van der Waals surface area contributed by atoms with Gasteiger partial charge in [0.05, 0.1) is 17.3 Å². The van der Waals surface area contributed by atoms with Crippen molar-refractivity contribution >= 4 is 23.7 Å². The summed E-state index contributed by atoms with van der Waals surface area (Å²) in [6, 6.07) is 26.2. The first kappa shape index (κ1) is 21.5. The fourth-order valence-corrected chi connectivity index (χ4v) is 3.25. The summed E-state index contributed by atoms with van der Waals surface area (Å²) in [5.74, 6) is 0.263. The van der Waals surface area contributed by atoms with E-state index in [0.717, 1.165) is 16.8 Å². The van der Waals surface area contributed by atoms with Crippen LogP contribution in [0.15, 0.2) is 88.3 Å². The molecule has 0 saturated carbocycles. The Morgan fingerprint density at radius 2 is 1.76 bits per heavy atom. The lowest BCUT2D eigenvalue weighted by Crippen LogP contribution is -2.22. The maximum absolute atomic E-state index is 11.9. The molecule has 162 valence electrons. The second-order valence-electron chi connectivity index (χ2n) is 6.97. The van der Waals surface area contributed by atoms with E-state index >= 15 is 0 Å². The Bertz CT molecular complexity index is 1310. The molecule has 2 N–H and O–H groups in total. The van der Waals surface area contributed by atoms with Crippen molar-refractivity contribution in [2.75, 3.05) is 17.7 Å². The number of aliphatic imine (C=N–C) groups is 1. The third-order valence-corrected chi connectivity index (χ3v) is 4.85. The molecule has 1 heterocycles. The Kier molecular flexibility index (Phi) is 6.52. The minimum absolute atomic E-state index is 0.0597. The van der Waals surface area contributed by atoms with Gasteiger partial charge in [0.1, 0.15) is 0 Å². The van der Waals surface area contributed by atoms with Crippen molar-refractivity contribution in [1.82, 2.24) is 10.2 Å². The molecular weight excluding hydrogens is 416 g/mol. The molecule has 33 heavy (non-hydrogen) atoms. The maximum atomic E-state index is 11.9. The van der Waals surface area contributed by atoms with Crippen LogP contribution in [0.5, 0.6) is 0 Å². The Morgan fingerprint density at radius 3 is 2.45 bits per heavy atom. The van der Waals surface area contributed by atoms with Gasteiger partial charge in [-0.2, -0.15) is 5.26 Å². The van der Waals surface area contributed by atoms with Crippen molar-refractivity contribution in [3.63, 3.8) is 0 Å². The van der Waals surface area contributed by atoms with Gasteiger partial charge in [0, 0.05) is 29.4 Å². The quantitative estimate of drug-likeness (QED) is 0.315. The van der Waals surface area contributed by atoms with Crippen LogP contribution in [-0.2, 0) is 4.79 Å². The van der Waals surface area contributed by atoms with Crippen molar-refractivity contribution < 1.29 is 9.21 Å². The number of nitrogens with zero attached hydrogens (tertiary/aromatic N) is 4. The van der Waals surface area contributed by atoms with E-state index in [1.54, 1.807) is 24.3 Å². The summed E-state index contributed by atoms with van der Waals surface area (Å²) >= 11 is 0. The van der Waals surface area contributed by atoms with E-state index in [4.69, 9.17) is 9.68 Å². The van der Waals surface area contributed by atoms with Crippen LogP contribution >= 0.6 is 0 Å². The third kappa shape index (κ3) is 4.94. The Balaban J connectivity index is 1.65. The molecule has 0 amide bonds. The maximum Gasteiger partial charge on any atom is 0.317 e. The number of carbonyl (C=O) groups is 1. The van der Waals surface area contributed by atoms with Gasteiger partial charge in [-0.3, -0.25) is 9.79 Å². The van der Waals surface area contributed by atoms with E-state index in [1.165, 1.54) is 0 Å². The van der Waals surface area contributed by atoms with Crippen LogP contribution in [-0.4, -0.2) is 35.4 Å². The zero-order valence-electron chi connectivity index (χ0n) is 17.8. The number of para-hydroxylation sites is 1. The van der Waals surface area contributed by atoms with E-state index in [2.05, 4.69) is 31.9 Å². The largest absolute Gasteiger partial charge is 0.403 e. The molecule has 1 aromatic heterocycles. The van der Waals surface area contributed by atoms with Gasteiger partial charge in [-0.1, -0.05) is 53.6 Å². The van der Waals surface area contributed by atoms with E-state index in [9.17, 15) is 4.79 Å². The highest BCUT2D eigenvalue weighted by Gasteiger charge is 2.17. The van der Waals surface area contributed by atoms with Crippen molar-refractivity contribution in [2.24, 2.45) is 4.99 Å². The Morgan fingerprint density at radius 1 is 1.03 bits per heavy atom. The van der Waals surface area contributed by atoms with Crippen LogP contribution in [0.1, 0.15) is 16.7 Å². The Labute approximate surface area is 190 Å². The first-order chi connectivity index (χ1) is 16.2. The lowest BCUT2D eigenvalue weighted by Gasteiger charge is -2.15. The first-order valence-electron chi connectivity index (χ1n) is 10.2. The predicted octanol–water partition coefficient (Wildman–Crippen LogP) is 4.12. The van der Waals surface area contributed by atoms with E-state index in [1.807, 2.05) is 61.6 Å². The summed E-state index contributed by atoms with van der Waals surface area (Å²) in [7, 11) is 1.83. The highest BCUT2D eigenvalue weighted by molar-refractivity contribution is 6.16. The van der Waals surface area contributed by atoms with Crippen molar-refractivity contribution in [3.8, 4) is 17.5 Å². The molecule has 8 nitrogen and oxygen atoms in total. The summed E-state index contributed by atoms with van der Waals surface area (Å²) in [6.07, 6.45) is -0.282. The second kappa shape index (κ2) is 10.0. The molecule has 0 aliphatic heterocycles. The minimum atomic E-state index is -0.959. The van der Waals surface area contributed by atoms with Crippen LogP contribution in [0.3, 0.4) is 0 Å². The molecule has 0 bridgehead atoms. The fourth-order valence-electron chi connectivity index (χ4n) is 3.25. The van der Waals surface area contributed by atoms with Crippen molar-refractivity contribution in [1.29, 1.82) is 5.26 Å². The summed E-state index contributed by atoms with van der Waals surface area (Å²) in [6.45, 7) is 0. The highest BCUT2D eigenvalue weighted by Crippen LogP contribution is 2.22. The standard InChI is InChI=1S/C25H20N6O2/c1-27-21-10-6-5-9-20(21)23(18-7-3-2-4-8-18)28-22(16-32)29-25-31-30-24(33-25)19-13-11-17(15-26)12-14-19/h2-14,16,22,27H,1H3,(H,29,31). The molecule has 0 aliphatic rings. The van der Waals surface area contributed by atoms with Crippen molar-refractivity contribution in [2.45, 2.75) is 6.17 Å². The zero-order chi connectivity index (χ0) is 23.0. The first-order valence-corrected chi connectivity index (χ1v) is 10.2. The van der Waals surface area contributed by atoms with Crippen LogP contribution < -0.4 is 10.6 Å². The number of anilines is 2. The SMILES string of the molecule is CNc1ccccc1C(=NC(C=O)Nc1nnc(-c2ccc(C#N)cc2)o1)c1ccccc1. The lowest BCUT2D eigenvalue weighted by molar-refractivity contribution is -0.108. The highest BCUT2D eigenvalue weighted by atomic mass is 16.4. The van der Waals surface area contributed by atoms with Gasteiger partial charge < -0.3 is 15.1 Å². The topological polar surface area (TPSA) is 116 Å². The summed E-state index contributed by atoms with van der Waals surface area (Å²) in [5.41, 5.74) is 4.42. The van der Waals surface area contributed by atoms with Crippen molar-refractivity contribution in [3.05, 3.63) is 95.6 Å². The van der Waals surface area contributed by atoms with Gasteiger partial charge in [0.2, 0.25) is 5.89 Å².